The zero-order valence-electron chi connectivity index (χ0n) is 32.7. The van der Waals surface area contributed by atoms with Gasteiger partial charge >= 0.3 is 0 Å². The lowest BCUT2D eigenvalue weighted by atomic mass is 9.80. The normalized spacial score (nSPS) is 14.7. The number of methoxy groups -OCH3 is 1. The third kappa shape index (κ3) is 9.29. The van der Waals surface area contributed by atoms with Crippen LogP contribution in [0.25, 0.3) is 10.8 Å². The maximum Gasteiger partial charge on any atom is 0.164 e. The second-order valence-corrected chi connectivity index (χ2v) is 15.5. The Morgan fingerprint density at radius 2 is 1.60 bits per heavy atom. The summed E-state index contributed by atoms with van der Waals surface area (Å²) in [4.78, 5) is 18.8. The van der Waals surface area contributed by atoms with Crippen LogP contribution in [0, 0.1) is 5.92 Å². The van der Waals surface area contributed by atoms with Crippen molar-refractivity contribution in [2.75, 3.05) is 7.11 Å². The Morgan fingerprint density at radius 1 is 0.807 bits per heavy atom. The van der Waals surface area contributed by atoms with Gasteiger partial charge in [0.1, 0.15) is 11.5 Å². The van der Waals surface area contributed by atoms with Crippen LogP contribution in [0.5, 0.6) is 28.7 Å². The molecule has 0 amide bonds. The maximum absolute atomic E-state index is 14.5. The van der Waals surface area contributed by atoms with E-state index in [1.54, 1.807) is 62.0 Å². The second kappa shape index (κ2) is 18.0. The van der Waals surface area contributed by atoms with Crippen molar-refractivity contribution in [2.24, 2.45) is 5.92 Å². The number of phenolic OH excluding ortho intramolecular Hbond substituents is 3. The molecular weight excluding hydrogens is 715 g/mol. The molecule has 6 aromatic rings. The molecule has 0 bridgehead atoms. The zero-order chi connectivity index (χ0) is 39.9. The summed E-state index contributed by atoms with van der Waals surface area (Å²) >= 11 is 0. The minimum absolute atomic E-state index is 0.0435. The molecule has 0 saturated heterocycles. The van der Waals surface area contributed by atoms with Crippen molar-refractivity contribution < 1.29 is 34.7 Å². The van der Waals surface area contributed by atoms with Crippen molar-refractivity contribution in [1.82, 2.24) is 4.98 Å². The monoisotopic (exact) mass is 766 g/mol. The molecule has 1 aliphatic carbocycles. The first-order valence-electron chi connectivity index (χ1n) is 20.1. The van der Waals surface area contributed by atoms with Gasteiger partial charge in [-0.05, 0) is 126 Å². The van der Waals surface area contributed by atoms with Crippen LogP contribution >= 0.6 is 0 Å². The summed E-state index contributed by atoms with van der Waals surface area (Å²) in [6.07, 6.45) is 8.99. The number of ketones is 1. The molecule has 1 saturated carbocycles. The van der Waals surface area contributed by atoms with Gasteiger partial charge in [-0.25, -0.2) is 0 Å². The van der Waals surface area contributed by atoms with Crippen molar-refractivity contribution in [3.63, 3.8) is 0 Å². The molecule has 1 heterocycles. The average molecular weight is 767 g/mol. The number of aliphatic hydroxyl groups is 1. The number of aliphatic hydroxyl groups excluding tert-OH is 1. The molecule has 7 rings (SSSR count). The molecule has 1 aromatic heterocycles. The van der Waals surface area contributed by atoms with Crippen molar-refractivity contribution >= 4 is 16.6 Å². The van der Waals surface area contributed by atoms with E-state index in [0.717, 1.165) is 70.7 Å². The Bertz CT molecular complexity index is 2290. The molecule has 57 heavy (non-hydrogen) atoms. The Morgan fingerprint density at radius 3 is 2.35 bits per heavy atom. The van der Waals surface area contributed by atoms with E-state index < -0.39 is 17.9 Å². The molecule has 0 aliphatic heterocycles. The van der Waals surface area contributed by atoms with Gasteiger partial charge in [-0.15, -0.1) is 0 Å². The van der Waals surface area contributed by atoms with E-state index >= 15 is 0 Å². The minimum Gasteiger partial charge on any atom is -0.670 e. The quantitative estimate of drug-likeness (QED) is 0.0724. The Labute approximate surface area is 334 Å². The van der Waals surface area contributed by atoms with E-state index in [0.29, 0.717) is 36.3 Å². The number of nitrogens with zero attached hydrogens (tertiary/aromatic N) is 1. The van der Waals surface area contributed by atoms with Crippen molar-refractivity contribution in [3.05, 3.63) is 148 Å². The fraction of sp³-hybridized carbons (Fsp3) is 0.327. The summed E-state index contributed by atoms with van der Waals surface area (Å²) in [7, 11) is 1.56. The highest BCUT2D eigenvalue weighted by Crippen LogP contribution is 2.39. The van der Waals surface area contributed by atoms with Gasteiger partial charge in [0.25, 0.3) is 0 Å². The fourth-order valence-electron chi connectivity index (χ4n) is 8.61. The number of hydrogen-bond acceptors (Lipinski definition) is 7. The number of fused-ring (bicyclic) bond motifs is 1. The predicted octanol–water partition coefficient (Wildman–Crippen LogP) is 9.14. The molecule has 5 aromatic carbocycles. The van der Waals surface area contributed by atoms with E-state index in [2.05, 4.69) is 36.2 Å². The van der Waals surface area contributed by atoms with Crippen LogP contribution in [0.3, 0.4) is 0 Å². The highest BCUT2D eigenvalue weighted by molar-refractivity contribution is 5.88. The van der Waals surface area contributed by atoms with Gasteiger partial charge in [-0.1, -0.05) is 79.2 Å². The van der Waals surface area contributed by atoms with Gasteiger partial charge in [-0.2, -0.15) is 12.4 Å². The Hall–Kier alpha value is -5.73. The smallest absolute Gasteiger partial charge is 0.164 e. The number of aromatic nitrogens is 1. The van der Waals surface area contributed by atoms with Gasteiger partial charge in [-0.3, -0.25) is 4.79 Å². The zero-order valence-corrected chi connectivity index (χ0v) is 32.7. The van der Waals surface area contributed by atoms with Gasteiger partial charge < -0.3 is 34.9 Å². The molecule has 8 heteroatoms. The Balaban J connectivity index is 1.20. The number of ether oxygens (including phenoxy) is 2. The summed E-state index contributed by atoms with van der Waals surface area (Å²) in [5, 5.41) is 46.6. The predicted molar refractivity (Wildman–Crippen MR) is 223 cm³/mol. The highest BCUT2D eigenvalue weighted by atomic mass is 16.5. The molecule has 4 N–H and O–H groups in total. The van der Waals surface area contributed by atoms with Crippen LogP contribution < -0.4 is 14.5 Å². The molecule has 8 nitrogen and oxygen atoms in total. The third-order valence-corrected chi connectivity index (χ3v) is 11.7. The number of Topliss-reactive ketones (excluding diaryl/α,β-unsaturated/α-hetero) is 1. The first kappa shape index (κ1) is 39.5. The average Bonchev–Trinajstić information content (AvgIpc) is 3.94. The standard InChI is InChI=1S/C49H52NO7/c1-3-33-16-17-34-9-4-7-14-40(34)41(33)28-43-36(18-20-45(53)49(43)56-2)26-37(23-32-21-22-50-30-32)46(54)29-47(55)42(35-10-8-11-38(51)27-35)24-31-15-19-44(52)48(25-31)57-39-12-5-6-13-39/h4,7-11,14-22,25,27,30,37,39,42,46,51-54H,3,5-6,12-13,23-24,26,28-29H2,1-2H3/q-1. The van der Waals surface area contributed by atoms with Crippen LogP contribution in [0.4, 0.5) is 0 Å². The van der Waals surface area contributed by atoms with E-state index in [9.17, 15) is 25.2 Å². The molecule has 3 unspecified atom stereocenters. The first-order chi connectivity index (χ1) is 27.7. The van der Waals surface area contributed by atoms with Gasteiger partial charge in [0.2, 0.25) is 0 Å². The molecule has 1 aliphatic rings. The van der Waals surface area contributed by atoms with Crippen LogP contribution in [0.2, 0.25) is 0 Å². The second-order valence-electron chi connectivity index (χ2n) is 15.5. The molecule has 0 spiro atoms. The SMILES string of the molecule is CCc1ccc2ccccc2c1Cc1c(CC(Cc2cc[n-]c2)C(O)CC(=O)C(Cc2ccc(O)c(OC3CCCC3)c2)c2cccc(O)c2)ccc(O)c1OC. The molecule has 296 valence electrons. The number of carbonyl (C=O) groups excluding carboxylic acids is 1. The lowest BCUT2D eigenvalue weighted by Gasteiger charge is -2.27. The highest BCUT2D eigenvalue weighted by Gasteiger charge is 2.30. The van der Waals surface area contributed by atoms with Crippen LogP contribution in [-0.4, -0.2) is 45.5 Å². The topological polar surface area (TPSA) is 131 Å². The number of carbonyl (C=O) groups is 1. The number of rotatable bonds is 17. The first-order valence-corrected chi connectivity index (χ1v) is 20.1. The number of aryl methyl sites for hydroxylation is 1. The molecule has 3 atom stereocenters. The summed E-state index contributed by atoms with van der Waals surface area (Å²) < 4.78 is 12.0. The van der Waals surface area contributed by atoms with Gasteiger partial charge in [0.15, 0.2) is 23.0 Å². The fourth-order valence-corrected chi connectivity index (χ4v) is 8.61. The van der Waals surface area contributed by atoms with Crippen molar-refractivity contribution in [2.45, 2.75) is 89.3 Å². The lowest BCUT2D eigenvalue weighted by Crippen LogP contribution is -2.30. The van der Waals surface area contributed by atoms with E-state index in [1.807, 2.05) is 30.3 Å². The number of benzene rings is 5. The number of aromatic hydroxyl groups is 3. The van der Waals surface area contributed by atoms with Crippen LogP contribution in [0.15, 0.2) is 109 Å². The number of phenols is 3. The van der Waals surface area contributed by atoms with Gasteiger partial charge in [0, 0.05) is 24.3 Å². The van der Waals surface area contributed by atoms with Crippen LogP contribution in [-0.2, 0) is 36.9 Å². The molecule has 0 radical (unpaired) electrons. The molecular formula is C49H52NO7-. The van der Waals surface area contributed by atoms with Crippen LogP contribution in [0.1, 0.15) is 83.9 Å². The Kier molecular flexibility index (Phi) is 12.5. The molecule has 1 fully saturated rings. The lowest BCUT2D eigenvalue weighted by molar-refractivity contribution is -0.123. The largest absolute Gasteiger partial charge is 0.670 e. The maximum atomic E-state index is 14.5. The van der Waals surface area contributed by atoms with Crippen molar-refractivity contribution in [3.8, 4) is 28.7 Å². The van der Waals surface area contributed by atoms with E-state index in [-0.39, 0.29) is 42.0 Å². The summed E-state index contributed by atoms with van der Waals surface area (Å²) in [5.41, 5.74) is 6.52. The third-order valence-electron chi connectivity index (χ3n) is 11.7. The summed E-state index contributed by atoms with van der Waals surface area (Å²) in [6, 6.07) is 30.0. The van der Waals surface area contributed by atoms with Gasteiger partial charge in [0.05, 0.1) is 19.3 Å². The minimum atomic E-state index is -1.04. The van der Waals surface area contributed by atoms with E-state index in [4.69, 9.17) is 9.47 Å². The summed E-state index contributed by atoms with van der Waals surface area (Å²) in [5.74, 6) is -0.291. The van der Waals surface area contributed by atoms with Crippen molar-refractivity contribution in [1.29, 1.82) is 0 Å². The number of hydrogen-bond donors (Lipinski definition) is 4. The van der Waals surface area contributed by atoms with E-state index in [1.165, 1.54) is 5.56 Å². The summed E-state index contributed by atoms with van der Waals surface area (Å²) in [6.45, 7) is 2.14.